The lowest BCUT2D eigenvalue weighted by molar-refractivity contribution is 0.221. The van der Waals surface area contributed by atoms with E-state index in [4.69, 9.17) is 9.47 Å². The van der Waals surface area contributed by atoms with Crippen molar-refractivity contribution in [1.82, 2.24) is 4.31 Å². The van der Waals surface area contributed by atoms with Crippen LogP contribution in [0.3, 0.4) is 0 Å². The first-order valence-corrected chi connectivity index (χ1v) is 10.6. The van der Waals surface area contributed by atoms with Crippen LogP contribution < -0.4 is 9.47 Å². The Hall–Kier alpha value is -0.790. The molecule has 1 aliphatic rings. The minimum absolute atomic E-state index is 0.178. The molecule has 0 N–H and O–H groups in total. The average Bonchev–Trinajstić information content (AvgIpc) is 2.49. The number of hydrogen-bond acceptors (Lipinski definition) is 4. The van der Waals surface area contributed by atoms with Gasteiger partial charge in [0.1, 0.15) is 16.4 Å². The van der Waals surface area contributed by atoms with Gasteiger partial charge in [-0.15, -0.1) is 0 Å². The minimum Gasteiger partial charge on any atom is -0.493 e. The summed E-state index contributed by atoms with van der Waals surface area (Å²) in [5.41, 5.74) is 0. The monoisotopic (exact) mass is 419 g/mol. The summed E-state index contributed by atoms with van der Waals surface area (Å²) in [4.78, 5) is 0.178. The molecular formula is C17H26BrNO4S. The Bertz CT molecular complexity index is 667. The van der Waals surface area contributed by atoms with E-state index in [1.807, 2.05) is 13.8 Å². The van der Waals surface area contributed by atoms with Crippen LogP contribution in [-0.2, 0) is 10.0 Å². The normalized spacial score (nSPS) is 22.4. The number of nitrogens with zero attached hydrogens (tertiary/aromatic N) is 1. The van der Waals surface area contributed by atoms with Crippen LogP contribution in [0.4, 0.5) is 0 Å². The molecule has 0 saturated carbocycles. The van der Waals surface area contributed by atoms with Crippen LogP contribution in [0.2, 0.25) is 0 Å². The SMILES string of the molecule is CCOc1cc(S(=O)(=O)N2C[C@@H](C)C[C@H](C)C2)c(OCC)cc1Br. The average molecular weight is 420 g/mol. The van der Waals surface area contributed by atoms with Crippen molar-refractivity contribution in [2.45, 2.75) is 39.0 Å². The highest BCUT2D eigenvalue weighted by Gasteiger charge is 2.34. The van der Waals surface area contributed by atoms with Crippen LogP contribution in [0, 0.1) is 11.8 Å². The fraction of sp³-hybridized carbons (Fsp3) is 0.647. The Morgan fingerprint density at radius 3 is 2.17 bits per heavy atom. The molecule has 0 radical (unpaired) electrons. The minimum atomic E-state index is -3.63. The molecule has 5 nitrogen and oxygen atoms in total. The summed E-state index contributed by atoms with van der Waals surface area (Å²) in [5.74, 6) is 1.57. The summed E-state index contributed by atoms with van der Waals surface area (Å²) in [6.07, 6.45) is 1.05. The molecule has 7 heteroatoms. The van der Waals surface area contributed by atoms with Crippen LogP contribution >= 0.6 is 15.9 Å². The van der Waals surface area contributed by atoms with Gasteiger partial charge in [-0.05, 0) is 54.1 Å². The van der Waals surface area contributed by atoms with Gasteiger partial charge in [0, 0.05) is 19.2 Å². The molecule has 0 bridgehead atoms. The third-order valence-corrected chi connectivity index (χ3v) is 6.52. The molecule has 1 saturated heterocycles. The lowest BCUT2D eigenvalue weighted by atomic mass is 9.94. The molecule has 0 spiro atoms. The predicted molar refractivity (Wildman–Crippen MR) is 98.2 cm³/mol. The Kier molecular flexibility index (Phi) is 6.56. The Balaban J connectivity index is 2.48. The van der Waals surface area contributed by atoms with Gasteiger partial charge in [0.25, 0.3) is 0 Å². The third-order valence-electron chi connectivity index (χ3n) is 4.05. The van der Waals surface area contributed by atoms with Crippen LogP contribution in [-0.4, -0.2) is 39.0 Å². The Morgan fingerprint density at radius 2 is 1.62 bits per heavy atom. The van der Waals surface area contributed by atoms with Crippen LogP contribution in [0.25, 0.3) is 0 Å². The predicted octanol–water partition coefficient (Wildman–Crippen LogP) is 3.91. The first kappa shape index (κ1) is 19.5. The van der Waals surface area contributed by atoms with E-state index in [2.05, 4.69) is 29.8 Å². The first-order valence-electron chi connectivity index (χ1n) is 8.38. The summed E-state index contributed by atoms with van der Waals surface area (Å²) in [6, 6.07) is 3.25. The molecule has 0 aromatic heterocycles. The van der Waals surface area contributed by atoms with E-state index in [0.29, 0.717) is 54.1 Å². The van der Waals surface area contributed by atoms with E-state index in [9.17, 15) is 8.42 Å². The van der Waals surface area contributed by atoms with Crippen LogP contribution in [0.1, 0.15) is 34.1 Å². The van der Waals surface area contributed by atoms with Gasteiger partial charge in [0.2, 0.25) is 10.0 Å². The number of halogens is 1. The van der Waals surface area contributed by atoms with Crippen LogP contribution in [0.15, 0.2) is 21.5 Å². The van der Waals surface area contributed by atoms with Gasteiger partial charge < -0.3 is 9.47 Å². The smallest absolute Gasteiger partial charge is 0.246 e. The van der Waals surface area contributed by atoms with Crippen molar-refractivity contribution < 1.29 is 17.9 Å². The fourth-order valence-corrected chi connectivity index (χ4v) is 5.44. The second kappa shape index (κ2) is 8.06. The van der Waals surface area contributed by atoms with E-state index in [1.165, 1.54) is 0 Å². The largest absolute Gasteiger partial charge is 0.493 e. The molecule has 1 aromatic carbocycles. The number of sulfonamides is 1. The molecule has 0 unspecified atom stereocenters. The Morgan fingerprint density at radius 1 is 1.08 bits per heavy atom. The zero-order valence-corrected chi connectivity index (χ0v) is 17.1. The van der Waals surface area contributed by atoms with Crippen molar-refractivity contribution in [3.05, 3.63) is 16.6 Å². The standard InChI is InChI=1S/C17H26BrNO4S/c1-5-22-15-9-17(16(23-6-2)8-14(15)18)24(20,21)19-10-12(3)7-13(4)11-19/h8-9,12-13H,5-7,10-11H2,1-4H3/t12-,13-/m0/s1. The molecule has 0 amide bonds. The molecule has 1 aliphatic heterocycles. The molecule has 1 aromatic rings. The van der Waals surface area contributed by atoms with Gasteiger partial charge in [-0.25, -0.2) is 8.42 Å². The van der Waals surface area contributed by atoms with Gasteiger partial charge in [-0.1, -0.05) is 13.8 Å². The number of piperidine rings is 1. The molecule has 2 rings (SSSR count). The third kappa shape index (κ3) is 4.24. The van der Waals surface area contributed by atoms with E-state index < -0.39 is 10.0 Å². The molecule has 136 valence electrons. The number of benzene rings is 1. The number of ether oxygens (including phenoxy) is 2. The van der Waals surface area contributed by atoms with Crippen molar-refractivity contribution in [3.63, 3.8) is 0 Å². The maximum absolute atomic E-state index is 13.2. The molecule has 2 atom stereocenters. The maximum atomic E-state index is 13.2. The molecule has 0 aliphatic carbocycles. The molecule has 24 heavy (non-hydrogen) atoms. The zero-order valence-electron chi connectivity index (χ0n) is 14.7. The van der Waals surface area contributed by atoms with E-state index in [1.54, 1.807) is 16.4 Å². The molecular weight excluding hydrogens is 394 g/mol. The van der Waals surface area contributed by atoms with Crippen molar-refractivity contribution in [2.24, 2.45) is 11.8 Å². The summed E-state index contributed by atoms with van der Waals surface area (Å²) in [7, 11) is -3.63. The van der Waals surface area contributed by atoms with Crippen LogP contribution in [0.5, 0.6) is 11.5 Å². The summed E-state index contributed by atoms with van der Waals surface area (Å²) >= 11 is 3.42. The lowest BCUT2D eigenvalue weighted by Gasteiger charge is -2.34. The molecule has 1 heterocycles. The lowest BCUT2D eigenvalue weighted by Crippen LogP contribution is -2.42. The second-order valence-corrected chi connectivity index (χ2v) is 9.12. The highest BCUT2D eigenvalue weighted by Crippen LogP contribution is 2.38. The first-order chi connectivity index (χ1) is 11.3. The van der Waals surface area contributed by atoms with Crippen molar-refractivity contribution in [2.75, 3.05) is 26.3 Å². The van der Waals surface area contributed by atoms with E-state index in [0.717, 1.165) is 6.42 Å². The Labute approximate surface area is 153 Å². The van der Waals surface area contributed by atoms with E-state index >= 15 is 0 Å². The van der Waals surface area contributed by atoms with Crippen molar-refractivity contribution in [3.8, 4) is 11.5 Å². The van der Waals surface area contributed by atoms with Gasteiger partial charge in [-0.2, -0.15) is 4.31 Å². The second-order valence-electron chi connectivity index (χ2n) is 6.36. The highest BCUT2D eigenvalue weighted by molar-refractivity contribution is 9.10. The highest BCUT2D eigenvalue weighted by atomic mass is 79.9. The number of hydrogen-bond donors (Lipinski definition) is 0. The maximum Gasteiger partial charge on any atom is 0.246 e. The summed E-state index contributed by atoms with van der Waals surface area (Å²) in [6.45, 7) is 9.83. The summed E-state index contributed by atoms with van der Waals surface area (Å²) in [5, 5.41) is 0. The number of rotatable bonds is 6. The quantitative estimate of drug-likeness (QED) is 0.700. The fourth-order valence-electron chi connectivity index (χ4n) is 3.19. The van der Waals surface area contributed by atoms with Crippen molar-refractivity contribution >= 4 is 26.0 Å². The van der Waals surface area contributed by atoms with Gasteiger partial charge in [-0.3, -0.25) is 0 Å². The van der Waals surface area contributed by atoms with Gasteiger partial charge in [0.15, 0.2) is 0 Å². The van der Waals surface area contributed by atoms with Gasteiger partial charge in [0.05, 0.1) is 17.7 Å². The molecule has 1 fully saturated rings. The topological polar surface area (TPSA) is 55.8 Å². The van der Waals surface area contributed by atoms with E-state index in [-0.39, 0.29) is 4.90 Å². The zero-order chi connectivity index (χ0) is 17.9. The van der Waals surface area contributed by atoms with Crippen molar-refractivity contribution in [1.29, 1.82) is 0 Å². The van der Waals surface area contributed by atoms with Gasteiger partial charge >= 0.3 is 0 Å². The summed E-state index contributed by atoms with van der Waals surface area (Å²) < 4.78 is 39.8.